The number of aromatic hydroxyl groups is 1. The van der Waals surface area contributed by atoms with Gasteiger partial charge in [-0.1, -0.05) is 66.7 Å². The van der Waals surface area contributed by atoms with Crippen molar-refractivity contribution in [2.45, 2.75) is 25.0 Å². The van der Waals surface area contributed by atoms with Crippen LogP contribution in [0, 0.1) is 0 Å². The zero-order valence-electron chi connectivity index (χ0n) is 16.3. The summed E-state index contributed by atoms with van der Waals surface area (Å²) >= 11 is 0. The number of nitrogens with one attached hydrogen (secondary N) is 2. The average Bonchev–Trinajstić information content (AvgIpc) is 2.76. The summed E-state index contributed by atoms with van der Waals surface area (Å²) in [4.78, 5) is 0. The highest BCUT2D eigenvalue weighted by molar-refractivity contribution is 5.75. The fourth-order valence-corrected chi connectivity index (χ4v) is 3.23. The molecule has 0 saturated heterocycles. The monoisotopic (exact) mass is 392 g/mol. The molecule has 5 N–H and O–H groups in total. The highest BCUT2D eigenvalue weighted by Gasteiger charge is 2.11. The number of aliphatic hydroxyl groups is 2. The van der Waals surface area contributed by atoms with Crippen molar-refractivity contribution in [2.75, 3.05) is 23.7 Å². The van der Waals surface area contributed by atoms with Crippen molar-refractivity contribution >= 4 is 11.4 Å². The summed E-state index contributed by atoms with van der Waals surface area (Å²) in [5, 5.41) is 37.3. The molecule has 5 nitrogen and oxygen atoms in total. The Hall–Kier alpha value is -3.02. The van der Waals surface area contributed by atoms with Gasteiger partial charge in [-0.05, 0) is 36.1 Å². The van der Waals surface area contributed by atoms with Crippen LogP contribution in [0.3, 0.4) is 0 Å². The van der Waals surface area contributed by atoms with Gasteiger partial charge < -0.3 is 26.0 Å². The second-order valence-corrected chi connectivity index (χ2v) is 6.98. The number of hydrogen-bond donors (Lipinski definition) is 5. The number of aliphatic hydroxyl groups excluding tert-OH is 2. The molecule has 0 bridgehead atoms. The summed E-state index contributed by atoms with van der Waals surface area (Å²) < 4.78 is 0. The van der Waals surface area contributed by atoms with Crippen molar-refractivity contribution in [1.29, 1.82) is 0 Å². The van der Waals surface area contributed by atoms with Gasteiger partial charge in [0.2, 0.25) is 0 Å². The second-order valence-electron chi connectivity index (χ2n) is 6.98. The standard InChI is InChI=1S/C24H28N2O3/c27-21(18-8-3-1-4-9-18)14-16-25-20-12-7-13-23(29)24(20)26-17-15-22(28)19-10-5-2-6-11-19/h1-13,21-22,25-29H,14-17H2. The molecular formula is C24H28N2O3. The first-order chi connectivity index (χ1) is 14.1. The number of anilines is 2. The van der Waals surface area contributed by atoms with Gasteiger partial charge in [-0.2, -0.15) is 0 Å². The van der Waals surface area contributed by atoms with Gasteiger partial charge in [0.1, 0.15) is 11.4 Å². The highest BCUT2D eigenvalue weighted by Crippen LogP contribution is 2.32. The third-order valence-corrected chi connectivity index (χ3v) is 4.86. The van der Waals surface area contributed by atoms with Crippen molar-refractivity contribution in [3.8, 4) is 5.75 Å². The van der Waals surface area contributed by atoms with Gasteiger partial charge in [0.15, 0.2) is 0 Å². The lowest BCUT2D eigenvalue weighted by Crippen LogP contribution is -2.12. The third-order valence-electron chi connectivity index (χ3n) is 4.86. The molecule has 152 valence electrons. The van der Waals surface area contributed by atoms with Gasteiger partial charge >= 0.3 is 0 Å². The number of rotatable bonds is 10. The maximum absolute atomic E-state index is 10.3. The summed E-state index contributed by atoms with van der Waals surface area (Å²) in [7, 11) is 0. The summed E-state index contributed by atoms with van der Waals surface area (Å²) in [6, 6.07) is 24.4. The summed E-state index contributed by atoms with van der Waals surface area (Å²) in [6.07, 6.45) is -0.0403. The van der Waals surface area contributed by atoms with E-state index in [0.717, 1.165) is 16.8 Å². The van der Waals surface area contributed by atoms with E-state index in [1.165, 1.54) is 0 Å². The number of phenolic OH excluding ortho intramolecular Hbond substituents is 1. The van der Waals surface area contributed by atoms with E-state index < -0.39 is 12.2 Å². The van der Waals surface area contributed by atoms with Gasteiger partial charge in [0.05, 0.1) is 17.9 Å². The maximum atomic E-state index is 10.3. The van der Waals surface area contributed by atoms with Gasteiger partial charge in [-0.15, -0.1) is 0 Å². The van der Waals surface area contributed by atoms with E-state index in [1.807, 2.05) is 66.7 Å². The number of phenols is 1. The van der Waals surface area contributed by atoms with Gasteiger partial charge in [0.25, 0.3) is 0 Å². The van der Waals surface area contributed by atoms with E-state index in [1.54, 1.807) is 12.1 Å². The molecule has 3 rings (SSSR count). The minimum absolute atomic E-state index is 0.146. The first-order valence-corrected chi connectivity index (χ1v) is 9.91. The normalized spacial score (nSPS) is 12.9. The van der Waals surface area contributed by atoms with E-state index in [2.05, 4.69) is 10.6 Å². The van der Waals surface area contributed by atoms with Crippen LogP contribution in [-0.2, 0) is 0 Å². The molecule has 0 aliphatic heterocycles. The third kappa shape index (κ3) is 5.98. The first kappa shape index (κ1) is 20.7. The number of benzene rings is 3. The van der Waals surface area contributed by atoms with Crippen LogP contribution < -0.4 is 10.6 Å². The smallest absolute Gasteiger partial charge is 0.140 e. The van der Waals surface area contributed by atoms with Crippen LogP contribution in [0.1, 0.15) is 36.2 Å². The largest absolute Gasteiger partial charge is 0.506 e. The zero-order valence-corrected chi connectivity index (χ0v) is 16.3. The molecule has 0 heterocycles. The Bertz CT molecular complexity index is 872. The van der Waals surface area contributed by atoms with Crippen molar-refractivity contribution in [1.82, 2.24) is 0 Å². The molecule has 2 atom stereocenters. The summed E-state index contributed by atoms with van der Waals surface area (Å²) in [6.45, 7) is 1.07. The molecule has 3 aromatic carbocycles. The van der Waals surface area contributed by atoms with Gasteiger partial charge in [-0.3, -0.25) is 0 Å². The molecule has 5 heteroatoms. The molecule has 0 aromatic heterocycles. The van der Waals surface area contributed by atoms with E-state index >= 15 is 0 Å². The van der Waals surface area contributed by atoms with Crippen LogP contribution in [0.2, 0.25) is 0 Å². The molecule has 2 unspecified atom stereocenters. The molecule has 0 fully saturated rings. The zero-order chi connectivity index (χ0) is 20.5. The second kappa shape index (κ2) is 10.5. The highest BCUT2D eigenvalue weighted by atomic mass is 16.3. The van der Waals surface area contributed by atoms with E-state index in [9.17, 15) is 15.3 Å². The Morgan fingerprint density at radius 2 is 1.14 bits per heavy atom. The minimum Gasteiger partial charge on any atom is -0.506 e. The molecule has 0 saturated carbocycles. The van der Waals surface area contributed by atoms with Crippen molar-refractivity contribution < 1.29 is 15.3 Å². The quantitative estimate of drug-likeness (QED) is 0.329. The first-order valence-electron chi connectivity index (χ1n) is 9.91. The van der Waals surface area contributed by atoms with Crippen molar-refractivity contribution in [3.63, 3.8) is 0 Å². The van der Waals surface area contributed by atoms with Crippen molar-refractivity contribution in [3.05, 3.63) is 90.0 Å². The Labute approximate surface area is 171 Å². The fraction of sp³-hybridized carbons (Fsp3) is 0.250. The Morgan fingerprint density at radius 3 is 1.69 bits per heavy atom. The van der Waals surface area contributed by atoms with Gasteiger partial charge in [-0.25, -0.2) is 0 Å². The van der Waals surface area contributed by atoms with E-state index in [0.29, 0.717) is 31.6 Å². The molecule has 29 heavy (non-hydrogen) atoms. The number of para-hydroxylation sites is 1. The van der Waals surface area contributed by atoms with Crippen LogP contribution in [0.4, 0.5) is 11.4 Å². The van der Waals surface area contributed by atoms with Crippen LogP contribution in [-0.4, -0.2) is 28.4 Å². The lowest BCUT2D eigenvalue weighted by atomic mass is 10.1. The predicted octanol–water partition coefficient (Wildman–Crippen LogP) is 4.46. The van der Waals surface area contributed by atoms with Crippen molar-refractivity contribution in [2.24, 2.45) is 0 Å². The Balaban J connectivity index is 1.53. The molecule has 0 aliphatic rings. The fourth-order valence-electron chi connectivity index (χ4n) is 3.23. The molecule has 0 aliphatic carbocycles. The lowest BCUT2D eigenvalue weighted by Gasteiger charge is -2.18. The molecular weight excluding hydrogens is 364 g/mol. The molecule has 0 spiro atoms. The maximum Gasteiger partial charge on any atom is 0.140 e. The summed E-state index contributed by atoms with van der Waals surface area (Å²) in [5.41, 5.74) is 3.12. The molecule has 0 amide bonds. The van der Waals surface area contributed by atoms with Crippen LogP contribution in [0.5, 0.6) is 5.75 Å². The van der Waals surface area contributed by atoms with E-state index in [-0.39, 0.29) is 5.75 Å². The molecule has 3 aromatic rings. The topological polar surface area (TPSA) is 84.8 Å². The van der Waals surface area contributed by atoms with E-state index in [4.69, 9.17) is 0 Å². The Kier molecular flexibility index (Phi) is 7.50. The number of hydrogen-bond acceptors (Lipinski definition) is 5. The van der Waals surface area contributed by atoms with Crippen LogP contribution in [0.15, 0.2) is 78.9 Å². The SMILES string of the molecule is Oc1cccc(NCCC(O)c2ccccc2)c1NCCC(O)c1ccccc1. The minimum atomic E-state index is -0.563. The Morgan fingerprint density at radius 1 is 0.621 bits per heavy atom. The predicted molar refractivity (Wildman–Crippen MR) is 117 cm³/mol. The summed E-state index contributed by atoms with van der Waals surface area (Å²) in [5.74, 6) is 0.146. The van der Waals surface area contributed by atoms with Crippen LogP contribution >= 0.6 is 0 Å². The van der Waals surface area contributed by atoms with Gasteiger partial charge in [0, 0.05) is 13.1 Å². The lowest BCUT2D eigenvalue weighted by molar-refractivity contribution is 0.171. The van der Waals surface area contributed by atoms with Crippen LogP contribution in [0.25, 0.3) is 0 Å². The average molecular weight is 392 g/mol. The molecule has 0 radical (unpaired) electrons.